The van der Waals surface area contributed by atoms with Gasteiger partial charge in [-0.2, -0.15) is 4.31 Å². The van der Waals surface area contributed by atoms with Crippen molar-refractivity contribution in [1.29, 1.82) is 0 Å². The van der Waals surface area contributed by atoms with Gasteiger partial charge in [-0.3, -0.25) is 0 Å². The molecule has 23 heavy (non-hydrogen) atoms. The standard InChI is InChI=1S/C16H21N3O2S2/c1-12-4-5-15(10-13(12)2)23(20,21)19-8-6-18(7-9-19)16-17-11-14(3)22-16/h4-5,10-11H,6-9H2,1-3H3. The molecule has 7 heteroatoms. The lowest BCUT2D eigenvalue weighted by molar-refractivity contribution is 0.384. The summed E-state index contributed by atoms with van der Waals surface area (Å²) in [5, 5.41) is 0.978. The molecule has 3 rings (SSSR count). The Labute approximate surface area is 141 Å². The van der Waals surface area contributed by atoms with Crippen LogP contribution < -0.4 is 4.90 Å². The van der Waals surface area contributed by atoms with E-state index in [0.717, 1.165) is 16.3 Å². The average molecular weight is 351 g/mol. The summed E-state index contributed by atoms with van der Waals surface area (Å²) >= 11 is 1.65. The molecule has 1 saturated heterocycles. The number of hydrogen-bond acceptors (Lipinski definition) is 5. The number of nitrogens with zero attached hydrogens (tertiary/aromatic N) is 3. The van der Waals surface area contributed by atoms with Gasteiger partial charge in [0.25, 0.3) is 0 Å². The number of benzene rings is 1. The largest absolute Gasteiger partial charge is 0.345 e. The lowest BCUT2D eigenvalue weighted by atomic mass is 10.1. The summed E-state index contributed by atoms with van der Waals surface area (Å²) in [6.45, 7) is 8.30. The van der Waals surface area contributed by atoms with E-state index in [-0.39, 0.29) is 0 Å². The number of hydrogen-bond donors (Lipinski definition) is 0. The van der Waals surface area contributed by atoms with Crippen LogP contribution in [0, 0.1) is 20.8 Å². The van der Waals surface area contributed by atoms with Crippen molar-refractivity contribution in [3.05, 3.63) is 40.4 Å². The van der Waals surface area contributed by atoms with Crippen molar-refractivity contribution in [2.24, 2.45) is 0 Å². The number of piperazine rings is 1. The third-order valence-electron chi connectivity index (χ3n) is 4.23. The van der Waals surface area contributed by atoms with Gasteiger partial charge in [-0.15, -0.1) is 11.3 Å². The lowest BCUT2D eigenvalue weighted by Gasteiger charge is -2.33. The molecular weight excluding hydrogens is 330 g/mol. The van der Waals surface area contributed by atoms with E-state index < -0.39 is 10.0 Å². The second-order valence-corrected chi connectivity index (χ2v) is 9.04. The number of anilines is 1. The summed E-state index contributed by atoms with van der Waals surface area (Å²) < 4.78 is 27.2. The van der Waals surface area contributed by atoms with Crippen LogP contribution >= 0.6 is 11.3 Å². The predicted molar refractivity (Wildman–Crippen MR) is 93.7 cm³/mol. The summed E-state index contributed by atoms with van der Waals surface area (Å²) in [5.74, 6) is 0. The van der Waals surface area contributed by atoms with Gasteiger partial charge in [0.15, 0.2) is 5.13 Å². The molecule has 1 fully saturated rings. The Kier molecular flexibility index (Phi) is 4.44. The van der Waals surface area contributed by atoms with E-state index >= 15 is 0 Å². The van der Waals surface area contributed by atoms with Gasteiger partial charge in [0.05, 0.1) is 4.90 Å². The van der Waals surface area contributed by atoms with Crippen LogP contribution in [0.4, 0.5) is 5.13 Å². The highest BCUT2D eigenvalue weighted by atomic mass is 32.2. The third-order valence-corrected chi connectivity index (χ3v) is 7.10. The van der Waals surface area contributed by atoms with Gasteiger partial charge in [0, 0.05) is 37.3 Å². The van der Waals surface area contributed by atoms with Crippen LogP contribution in [0.5, 0.6) is 0 Å². The zero-order chi connectivity index (χ0) is 16.6. The second kappa shape index (κ2) is 6.22. The van der Waals surface area contributed by atoms with Crippen LogP contribution in [-0.4, -0.2) is 43.9 Å². The maximum absolute atomic E-state index is 12.8. The molecule has 0 bridgehead atoms. The van der Waals surface area contributed by atoms with Crippen molar-refractivity contribution in [2.45, 2.75) is 25.7 Å². The Bertz CT molecular complexity index is 806. The fourth-order valence-corrected chi connectivity index (χ4v) is 4.95. The Morgan fingerprint density at radius 2 is 1.74 bits per heavy atom. The number of aryl methyl sites for hydroxylation is 3. The van der Waals surface area contributed by atoms with Crippen molar-refractivity contribution >= 4 is 26.5 Å². The molecule has 2 aromatic rings. The normalized spacial score (nSPS) is 16.7. The van der Waals surface area contributed by atoms with Crippen molar-refractivity contribution in [3.8, 4) is 0 Å². The van der Waals surface area contributed by atoms with E-state index in [2.05, 4.69) is 9.88 Å². The molecule has 0 N–H and O–H groups in total. The Morgan fingerprint density at radius 3 is 2.30 bits per heavy atom. The van der Waals surface area contributed by atoms with Gasteiger partial charge in [-0.1, -0.05) is 6.07 Å². The van der Waals surface area contributed by atoms with Crippen LogP contribution in [0.3, 0.4) is 0 Å². The van der Waals surface area contributed by atoms with E-state index in [1.807, 2.05) is 33.0 Å². The van der Waals surface area contributed by atoms with Crippen molar-refractivity contribution in [3.63, 3.8) is 0 Å². The number of sulfonamides is 1. The fraction of sp³-hybridized carbons (Fsp3) is 0.438. The molecule has 0 spiro atoms. The summed E-state index contributed by atoms with van der Waals surface area (Å²) in [6.07, 6.45) is 1.86. The Hall–Kier alpha value is -1.44. The maximum atomic E-state index is 12.8. The van der Waals surface area contributed by atoms with Crippen LogP contribution in [0.25, 0.3) is 0 Å². The first-order chi connectivity index (χ1) is 10.9. The monoisotopic (exact) mass is 351 g/mol. The topological polar surface area (TPSA) is 53.5 Å². The van der Waals surface area contributed by atoms with Gasteiger partial charge in [0.1, 0.15) is 0 Å². The van der Waals surface area contributed by atoms with Gasteiger partial charge >= 0.3 is 0 Å². The van der Waals surface area contributed by atoms with E-state index in [4.69, 9.17) is 0 Å². The SMILES string of the molecule is Cc1cnc(N2CCN(S(=O)(=O)c3ccc(C)c(C)c3)CC2)s1. The predicted octanol–water partition coefficient (Wildman–Crippen LogP) is 2.58. The van der Waals surface area contributed by atoms with Gasteiger partial charge in [0.2, 0.25) is 10.0 Å². The fourth-order valence-electron chi connectivity index (χ4n) is 2.63. The molecule has 2 heterocycles. The second-order valence-electron chi connectivity index (χ2n) is 5.89. The molecule has 124 valence electrons. The smallest absolute Gasteiger partial charge is 0.243 e. The van der Waals surface area contributed by atoms with Crippen LogP contribution in [-0.2, 0) is 10.0 Å². The highest BCUT2D eigenvalue weighted by Gasteiger charge is 2.29. The van der Waals surface area contributed by atoms with Crippen LogP contribution in [0.2, 0.25) is 0 Å². The van der Waals surface area contributed by atoms with Crippen molar-refractivity contribution in [2.75, 3.05) is 31.1 Å². The van der Waals surface area contributed by atoms with E-state index in [1.165, 1.54) is 4.88 Å². The van der Waals surface area contributed by atoms with Gasteiger partial charge in [-0.25, -0.2) is 13.4 Å². The average Bonchev–Trinajstić information content (AvgIpc) is 2.96. The molecule has 1 aromatic carbocycles. The van der Waals surface area contributed by atoms with E-state index in [9.17, 15) is 8.42 Å². The molecule has 0 atom stereocenters. The molecule has 0 saturated carbocycles. The molecule has 0 amide bonds. The van der Waals surface area contributed by atoms with Crippen molar-refractivity contribution < 1.29 is 8.42 Å². The Morgan fingerprint density at radius 1 is 1.04 bits per heavy atom. The van der Waals surface area contributed by atoms with Crippen molar-refractivity contribution in [1.82, 2.24) is 9.29 Å². The molecule has 0 unspecified atom stereocenters. The maximum Gasteiger partial charge on any atom is 0.243 e. The molecule has 1 aliphatic rings. The first kappa shape index (κ1) is 16.4. The first-order valence-electron chi connectivity index (χ1n) is 7.63. The van der Waals surface area contributed by atoms with Crippen LogP contribution in [0.15, 0.2) is 29.3 Å². The lowest BCUT2D eigenvalue weighted by Crippen LogP contribution is -2.48. The zero-order valence-electron chi connectivity index (χ0n) is 13.6. The molecule has 1 aliphatic heterocycles. The molecule has 0 radical (unpaired) electrons. The molecular formula is C16H21N3O2S2. The highest BCUT2D eigenvalue weighted by molar-refractivity contribution is 7.89. The van der Waals surface area contributed by atoms with Gasteiger partial charge in [-0.05, 0) is 44.0 Å². The van der Waals surface area contributed by atoms with Gasteiger partial charge < -0.3 is 4.90 Å². The quantitative estimate of drug-likeness (QED) is 0.853. The summed E-state index contributed by atoms with van der Waals surface area (Å²) in [5.41, 5.74) is 2.11. The minimum Gasteiger partial charge on any atom is -0.345 e. The number of aromatic nitrogens is 1. The minimum absolute atomic E-state index is 0.388. The molecule has 1 aromatic heterocycles. The summed E-state index contributed by atoms with van der Waals surface area (Å²) in [6, 6.07) is 5.34. The molecule has 0 aliphatic carbocycles. The van der Waals surface area contributed by atoms with E-state index in [0.29, 0.717) is 31.1 Å². The summed E-state index contributed by atoms with van der Waals surface area (Å²) in [7, 11) is -3.41. The minimum atomic E-state index is -3.41. The van der Waals surface area contributed by atoms with Crippen LogP contribution in [0.1, 0.15) is 16.0 Å². The number of thiazole rings is 1. The Balaban J connectivity index is 1.74. The first-order valence-corrected chi connectivity index (χ1v) is 9.88. The molecule has 5 nitrogen and oxygen atoms in total. The van der Waals surface area contributed by atoms with E-state index in [1.54, 1.807) is 27.8 Å². The zero-order valence-corrected chi connectivity index (χ0v) is 15.2. The highest BCUT2D eigenvalue weighted by Crippen LogP contribution is 2.25. The number of rotatable bonds is 3. The summed E-state index contributed by atoms with van der Waals surface area (Å²) in [4.78, 5) is 8.10. The third kappa shape index (κ3) is 3.27.